The summed E-state index contributed by atoms with van der Waals surface area (Å²) in [7, 11) is 0. The van der Waals surface area contributed by atoms with Gasteiger partial charge in [0.25, 0.3) is 0 Å². The van der Waals surface area contributed by atoms with E-state index < -0.39 is 6.36 Å². The van der Waals surface area contributed by atoms with E-state index in [2.05, 4.69) is 24.5 Å². The van der Waals surface area contributed by atoms with E-state index in [9.17, 15) is 18.3 Å². The third-order valence-electron chi connectivity index (χ3n) is 5.21. The maximum atomic E-state index is 12.5. The Hall–Kier alpha value is -3.33. The monoisotopic (exact) mass is 430 g/mol. The molecular weight excluding hydrogens is 409 g/mol. The highest BCUT2D eigenvalue weighted by atomic mass is 19.4. The van der Waals surface area contributed by atoms with Crippen LogP contribution in [-0.2, 0) is 0 Å². The van der Waals surface area contributed by atoms with Gasteiger partial charge in [-0.15, -0.1) is 13.2 Å². The Morgan fingerprint density at radius 3 is 2.26 bits per heavy atom. The number of hydrogen-bond donors (Lipinski definition) is 1. The normalized spacial score (nSPS) is 16.2. The van der Waals surface area contributed by atoms with E-state index in [-0.39, 0.29) is 17.5 Å². The lowest BCUT2D eigenvalue weighted by molar-refractivity contribution is -0.274. The van der Waals surface area contributed by atoms with Crippen molar-refractivity contribution in [2.75, 3.05) is 31.1 Å². The van der Waals surface area contributed by atoms with Gasteiger partial charge < -0.3 is 14.7 Å². The van der Waals surface area contributed by atoms with Gasteiger partial charge in [0.1, 0.15) is 17.3 Å². The number of piperazine rings is 1. The van der Waals surface area contributed by atoms with Crippen molar-refractivity contribution < 1.29 is 23.0 Å². The van der Waals surface area contributed by atoms with Crippen LogP contribution in [-0.4, -0.2) is 52.5 Å². The molecule has 0 spiro atoms. The lowest BCUT2D eigenvalue weighted by atomic mass is 9.95. The molecule has 0 bridgehead atoms. The molecule has 4 rings (SSSR count). The number of phenolic OH excluding ortho intramolecular Hbond substituents is 1. The number of aromatic nitrogens is 2. The van der Waals surface area contributed by atoms with Gasteiger partial charge in [-0.3, -0.25) is 9.88 Å². The van der Waals surface area contributed by atoms with Crippen LogP contribution >= 0.6 is 0 Å². The van der Waals surface area contributed by atoms with Gasteiger partial charge in [0.2, 0.25) is 0 Å². The standard InChI is InChI=1S/C22H21F3N4O2/c23-22(24,25)31-17-7-5-16(6-8-17)21(18-3-1-2-4-19(18)30)29-13-11-28(12-14-29)20-15-26-9-10-27-20/h1-10,15,21,30H,11-14H2. The first-order valence-corrected chi connectivity index (χ1v) is 9.79. The first-order chi connectivity index (χ1) is 14.9. The van der Waals surface area contributed by atoms with Crippen molar-refractivity contribution >= 4 is 5.82 Å². The third kappa shape index (κ3) is 5.05. The van der Waals surface area contributed by atoms with Gasteiger partial charge in [0, 0.05) is 44.1 Å². The summed E-state index contributed by atoms with van der Waals surface area (Å²) in [4.78, 5) is 12.8. The number of aromatic hydroxyl groups is 1. The predicted octanol–water partition coefficient (Wildman–Crippen LogP) is 3.99. The topological polar surface area (TPSA) is 61.7 Å². The van der Waals surface area contributed by atoms with Gasteiger partial charge in [0.05, 0.1) is 12.2 Å². The molecule has 1 aromatic heterocycles. The Labute approximate surface area is 177 Å². The van der Waals surface area contributed by atoms with Crippen LogP contribution in [0.3, 0.4) is 0 Å². The van der Waals surface area contributed by atoms with Crippen molar-refractivity contribution in [2.24, 2.45) is 0 Å². The molecule has 0 saturated carbocycles. The molecule has 6 nitrogen and oxygen atoms in total. The number of anilines is 1. The second kappa shape index (κ2) is 8.81. The van der Waals surface area contributed by atoms with E-state index in [1.807, 2.05) is 12.1 Å². The van der Waals surface area contributed by atoms with Crippen molar-refractivity contribution in [1.29, 1.82) is 0 Å². The SMILES string of the molecule is Oc1ccccc1C(c1ccc(OC(F)(F)F)cc1)N1CCN(c2cnccn2)CC1. The van der Waals surface area contributed by atoms with Crippen LogP contribution in [0.1, 0.15) is 17.2 Å². The average molecular weight is 430 g/mol. The highest BCUT2D eigenvalue weighted by Crippen LogP contribution is 2.36. The van der Waals surface area contributed by atoms with E-state index in [4.69, 9.17) is 0 Å². The largest absolute Gasteiger partial charge is 0.573 e. The molecule has 1 unspecified atom stereocenters. The third-order valence-corrected chi connectivity index (χ3v) is 5.21. The molecule has 1 fully saturated rings. The maximum absolute atomic E-state index is 12.5. The molecule has 1 N–H and O–H groups in total. The summed E-state index contributed by atoms with van der Waals surface area (Å²) in [6.07, 6.45) is 0.252. The van der Waals surface area contributed by atoms with Gasteiger partial charge >= 0.3 is 6.36 Å². The molecule has 162 valence electrons. The Bertz CT molecular complexity index is 992. The molecule has 0 radical (unpaired) electrons. The molecular formula is C22H21F3N4O2. The molecule has 9 heteroatoms. The van der Waals surface area contributed by atoms with Crippen LogP contribution in [0, 0.1) is 0 Å². The molecule has 31 heavy (non-hydrogen) atoms. The summed E-state index contributed by atoms with van der Waals surface area (Å²) in [5, 5.41) is 10.5. The van der Waals surface area contributed by atoms with Crippen molar-refractivity contribution in [3.05, 3.63) is 78.2 Å². The Morgan fingerprint density at radius 1 is 0.935 bits per heavy atom. The molecule has 0 aliphatic carbocycles. The zero-order valence-electron chi connectivity index (χ0n) is 16.5. The fourth-order valence-corrected chi connectivity index (χ4v) is 3.82. The quantitative estimate of drug-likeness (QED) is 0.661. The van der Waals surface area contributed by atoms with E-state index in [1.54, 1.807) is 42.9 Å². The summed E-state index contributed by atoms with van der Waals surface area (Å²) in [5.41, 5.74) is 1.46. The van der Waals surface area contributed by atoms with Crippen LogP contribution in [0.5, 0.6) is 11.5 Å². The molecule has 3 aromatic rings. The van der Waals surface area contributed by atoms with Gasteiger partial charge in [-0.1, -0.05) is 30.3 Å². The Balaban J connectivity index is 1.58. The summed E-state index contributed by atoms with van der Waals surface area (Å²) in [5.74, 6) is 0.661. The van der Waals surface area contributed by atoms with Crippen LogP contribution in [0.25, 0.3) is 0 Å². The maximum Gasteiger partial charge on any atom is 0.573 e. The number of hydrogen-bond acceptors (Lipinski definition) is 6. The van der Waals surface area contributed by atoms with E-state index in [0.29, 0.717) is 31.7 Å². The van der Waals surface area contributed by atoms with Gasteiger partial charge in [-0.05, 0) is 23.8 Å². The van der Waals surface area contributed by atoms with Gasteiger partial charge in [-0.25, -0.2) is 4.98 Å². The highest BCUT2D eigenvalue weighted by Gasteiger charge is 2.32. The van der Waals surface area contributed by atoms with Crippen molar-refractivity contribution in [1.82, 2.24) is 14.9 Å². The van der Waals surface area contributed by atoms with Gasteiger partial charge in [-0.2, -0.15) is 0 Å². The summed E-state index contributed by atoms with van der Waals surface area (Å²) in [6.45, 7) is 2.77. The number of phenols is 1. The second-order valence-electron chi connectivity index (χ2n) is 7.16. The minimum absolute atomic E-state index is 0.138. The van der Waals surface area contributed by atoms with Crippen molar-refractivity contribution in [3.8, 4) is 11.5 Å². The fourth-order valence-electron chi connectivity index (χ4n) is 3.82. The lowest BCUT2D eigenvalue weighted by Crippen LogP contribution is -2.48. The number of alkyl halides is 3. The first-order valence-electron chi connectivity index (χ1n) is 9.79. The van der Waals surface area contributed by atoms with Crippen LogP contribution in [0.15, 0.2) is 67.1 Å². The number of ether oxygens (including phenoxy) is 1. The average Bonchev–Trinajstić information content (AvgIpc) is 2.76. The van der Waals surface area contributed by atoms with Gasteiger partial charge in [0.15, 0.2) is 0 Å². The molecule has 2 aromatic carbocycles. The fraction of sp³-hybridized carbons (Fsp3) is 0.273. The number of nitrogens with zero attached hydrogens (tertiary/aromatic N) is 4. The molecule has 1 aliphatic rings. The molecule has 1 saturated heterocycles. The molecule has 1 atom stereocenters. The van der Waals surface area contributed by atoms with Crippen LogP contribution in [0.4, 0.5) is 19.0 Å². The second-order valence-corrected chi connectivity index (χ2v) is 7.16. The zero-order valence-corrected chi connectivity index (χ0v) is 16.5. The Morgan fingerprint density at radius 2 is 1.65 bits per heavy atom. The Kier molecular flexibility index (Phi) is 5.94. The lowest BCUT2D eigenvalue weighted by Gasteiger charge is -2.40. The minimum atomic E-state index is -4.74. The van der Waals surface area contributed by atoms with E-state index in [0.717, 1.165) is 11.4 Å². The number of benzene rings is 2. The molecule has 0 amide bonds. The van der Waals surface area contributed by atoms with Crippen LogP contribution < -0.4 is 9.64 Å². The first kappa shape index (κ1) is 20.9. The van der Waals surface area contributed by atoms with E-state index in [1.165, 1.54) is 12.1 Å². The summed E-state index contributed by atoms with van der Waals surface area (Å²) < 4.78 is 41.5. The summed E-state index contributed by atoms with van der Waals surface area (Å²) in [6, 6.07) is 12.5. The van der Waals surface area contributed by atoms with E-state index >= 15 is 0 Å². The van der Waals surface area contributed by atoms with Crippen LogP contribution in [0.2, 0.25) is 0 Å². The zero-order chi connectivity index (χ0) is 21.8. The minimum Gasteiger partial charge on any atom is -0.508 e. The smallest absolute Gasteiger partial charge is 0.508 e. The van der Waals surface area contributed by atoms with Crippen molar-refractivity contribution in [2.45, 2.75) is 12.4 Å². The highest BCUT2D eigenvalue weighted by molar-refractivity contribution is 5.43. The number of halogens is 3. The number of rotatable bonds is 5. The molecule has 2 heterocycles. The number of para-hydroxylation sites is 1. The van der Waals surface area contributed by atoms with Crippen molar-refractivity contribution in [3.63, 3.8) is 0 Å². The molecule has 1 aliphatic heterocycles. The summed E-state index contributed by atoms with van der Waals surface area (Å²) >= 11 is 0. The predicted molar refractivity (Wildman–Crippen MR) is 109 cm³/mol.